The van der Waals surface area contributed by atoms with Crippen LogP contribution in [-0.2, 0) is 0 Å². The van der Waals surface area contributed by atoms with Gasteiger partial charge in [-0.1, -0.05) is 29.5 Å². The minimum Gasteiger partial charge on any atom is -0.507 e. The summed E-state index contributed by atoms with van der Waals surface area (Å²) in [5, 5.41) is 29.0. The number of phenols is 1. The molecule has 2 N–H and O–H groups in total. The monoisotopic (exact) mass is 247 g/mol. The fourth-order valence-electron chi connectivity index (χ4n) is 1.53. The van der Waals surface area contributed by atoms with Crippen molar-refractivity contribution in [2.24, 2.45) is 0 Å². The highest BCUT2D eigenvalue weighted by atomic mass is 32.1. The minimum absolute atomic E-state index is 0.00996. The first-order chi connectivity index (χ1) is 8.15. The molecule has 0 aliphatic heterocycles. The molecule has 0 saturated heterocycles. The maximum atomic E-state index is 11.1. The van der Waals surface area contributed by atoms with Gasteiger partial charge in [0.15, 0.2) is 10.5 Å². The second kappa shape index (κ2) is 4.23. The molecule has 0 saturated carbocycles. The normalized spacial score (nSPS) is 9.82. The fourth-order valence-corrected chi connectivity index (χ4v) is 2.36. The molecule has 0 radical (unpaired) electrons. The number of carboxylic acids is 1. The number of aromatic carboxylic acids is 1. The van der Waals surface area contributed by atoms with Crippen molar-refractivity contribution in [2.45, 2.75) is 0 Å². The second-order valence-electron chi connectivity index (χ2n) is 3.25. The lowest BCUT2D eigenvalue weighted by Crippen LogP contribution is -1.96. The Morgan fingerprint density at radius 1 is 1.29 bits per heavy atom. The number of aromatic hydroxyl groups is 1. The number of thiophene rings is 1. The van der Waals surface area contributed by atoms with E-state index in [0.717, 1.165) is 11.3 Å². The third-order valence-corrected chi connectivity index (χ3v) is 3.13. The number of hydrogen-bond acceptors (Lipinski definition) is 4. The molecule has 84 valence electrons. The Morgan fingerprint density at radius 3 is 2.59 bits per heavy atom. The van der Waals surface area contributed by atoms with Crippen molar-refractivity contribution in [1.82, 2.24) is 0 Å². The van der Waals surface area contributed by atoms with Crippen LogP contribution in [0.5, 0.6) is 5.75 Å². The van der Waals surface area contributed by atoms with E-state index in [1.807, 2.05) is 0 Å². The van der Waals surface area contributed by atoms with E-state index in [1.165, 1.54) is 11.4 Å². The van der Waals surface area contributed by atoms with E-state index < -0.39 is 5.97 Å². The predicted molar refractivity (Wildman–Crippen MR) is 63.1 cm³/mol. The SMILES string of the molecule is N#[N+]c1scc(-c2ccccc2O)c1C(=O)O. The van der Waals surface area contributed by atoms with Crippen molar-refractivity contribution in [3.8, 4) is 16.9 Å². The van der Waals surface area contributed by atoms with Crippen molar-refractivity contribution in [3.63, 3.8) is 0 Å². The minimum atomic E-state index is -1.20. The standard InChI is InChI=1S/C11H6N2O3S/c12-13-10-9(11(15)16)7(5-17-10)6-3-1-2-4-8(6)14/h1-5H,(H-,14,15,16)/p+1. The van der Waals surface area contributed by atoms with Crippen LogP contribution in [0.4, 0.5) is 5.00 Å². The van der Waals surface area contributed by atoms with Gasteiger partial charge in [-0.3, -0.25) is 0 Å². The summed E-state index contributed by atoms with van der Waals surface area (Å²) in [5.74, 6) is -1.21. The van der Waals surface area contributed by atoms with Crippen LogP contribution in [0.3, 0.4) is 0 Å². The summed E-state index contributed by atoms with van der Waals surface area (Å²) in [4.78, 5) is 14.0. The van der Waals surface area contributed by atoms with Crippen LogP contribution in [0.1, 0.15) is 10.4 Å². The van der Waals surface area contributed by atoms with Crippen molar-refractivity contribution in [1.29, 1.82) is 5.39 Å². The molecule has 0 atom stereocenters. The lowest BCUT2D eigenvalue weighted by molar-refractivity contribution is 0.0699. The molecule has 0 unspecified atom stereocenters. The van der Waals surface area contributed by atoms with Crippen LogP contribution >= 0.6 is 11.3 Å². The van der Waals surface area contributed by atoms with Crippen LogP contribution in [0.25, 0.3) is 16.1 Å². The third kappa shape index (κ3) is 1.84. The van der Waals surface area contributed by atoms with Gasteiger partial charge in [-0.15, -0.1) is 0 Å². The average Bonchev–Trinajstić information content (AvgIpc) is 2.73. The summed E-state index contributed by atoms with van der Waals surface area (Å²) >= 11 is 0.999. The van der Waals surface area contributed by atoms with Gasteiger partial charge in [-0.25, -0.2) is 4.79 Å². The quantitative estimate of drug-likeness (QED) is 0.797. The molecular formula is C11H7N2O3S+. The molecule has 1 heterocycles. The number of nitrogens with zero attached hydrogens (tertiary/aromatic N) is 2. The van der Waals surface area contributed by atoms with E-state index in [1.54, 1.807) is 18.2 Å². The largest absolute Gasteiger partial charge is 0.507 e. The first-order valence-electron chi connectivity index (χ1n) is 4.63. The highest BCUT2D eigenvalue weighted by molar-refractivity contribution is 7.15. The second-order valence-corrected chi connectivity index (χ2v) is 4.11. The first kappa shape index (κ1) is 11.1. The molecule has 2 rings (SSSR count). The molecule has 0 spiro atoms. The number of carboxylic acid groups (broad SMARTS) is 1. The molecule has 0 aliphatic rings. The van der Waals surface area contributed by atoms with E-state index >= 15 is 0 Å². The van der Waals surface area contributed by atoms with Crippen molar-refractivity contribution in [3.05, 3.63) is 40.2 Å². The van der Waals surface area contributed by atoms with Crippen molar-refractivity contribution < 1.29 is 15.0 Å². The Bertz CT molecular complexity index is 628. The van der Waals surface area contributed by atoms with Crippen LogP contribution in [0, 0.1) is 5.39 Å². The summed E-state index contributed by atoms with van der Waals surface area (Å²) in [6, 6.07) is 6.40. The number of diazo groups is 1. The smallest absolute Gasteiger partial charge is 0.455 e. The molecule has 6 heteroatoms. The van der Waals surface area contributed by atoms with Crippen LogP contribution in [-0.4, -0.2) is 16.2 Å². The zero-order valence-electron chi connectivity index (χ0n) is 8.49. The molecule has 0 amide bonds. The van der Waals surface area contributed by atoms with E-state index in [9.17, 15) is 9.90 Å². The topological polar surface area (TPSA) is 85.7 Å². The van der Waals surface area contributed by atoms with Gasteiger partial charge in [-0.2, -0.15) is 0 Å². The molecular weight excluding hydrogens is 240 g/mol. The van der Waals surface area contributed by atoms with Crippen LogP contribution in [0.15, 0.2) is 29.6 Å². The molecule has 0 bridgehead atoms. The zero-order chi connectivity index (χ0) is 12.4. The number of carbonyl (C=O) groups is 1. The van der Waals surface area contributed by atoms with Crippen molar-refractivity contribution >= 4 is 22.3 Å². The zero-order valence-corrected chi connectivity index (χ0v) is 9.31. The summed E-state index contributed by atoms with van der Waals surface area (Å²) < 4.78 is 0. The van der Waals surface area contributed by atoms with Gasteiger partial charge in [0.1, 0.15) is 5.75 Å². The maximum Gasteiger partial charge on any atom is 0.455 e. The summed E-state index contributed by atoms with van der Waals surface area (Å²) in [6.45, 7) is 0. The molecule has 1 aromatic heterocycles. The molecule has 2 aromatic rings. The third-order valence-electron chi connectivity index (χ3n) is 2.27. The summed E-state index contributed by atoms with van der Waals surface area (Å²) in [5.41, 5.74) is 0.628. The summed E-state index contributed by atoms with van der Waals surface area (Å²) in [6.07, 6.45) is 0. The van der Waals surface area contributed by atoms with E-state index in [2.05, 4.69) is 4.98 Å². The lowest BCUT2D eigenvalue weighted by atomic mass is 10.0. The molecule has 0 aliphatic carbocycles. The van der Waals surface area contributed by atoms with Gasteiger partial charge in [0, 0.05) is 16.5 Å². The van der Waals surface area contributed by atoms with Crippen LogP contribution < -0.4 is 0 Å². The average molecular weight is 247 g/mol. The Hall–Kier alpha value is -2.39. The van der Waals surface area contributed by atoms with Gasteiger partial charge in [0.25, 0.3) is 0 Å². The predicted octanol–water partition coefficient (Wildman–Crippen LogP) is 3.30. The number of rotatable bonds is 2. The van der Waals surface area contributed by atoms with Gasteiger partial charge < -0.3 is 10.2 Å². The van der Waals surface area contributed by atoms with Gasteiger partial charge in [0.05, 0.1) is 0 Å². The van der Waals surface area contributed by atoms with E-state index in [-0.39, 0.29) is 16.3 Å². The van der Waals surface area contributed by atoms with Gasteiger partial charge in [-0.05, 0) is 6.07 Å². The molecule has 5 nitrogen and oxygen atoms in total. The van der Waals surface area contributed by atoms with E-state index in [0.29, 0.717) is 11.1 Å². The summed E-state index contributed by atoms with van der Waals surface area (Å²) in [7, 11) is 0. The van der Waals surface area contributed by atoms with Crippen molar-refractivity contribution in [2.75, 3.05) is 0 Å². The van der Waals surface area contributed by atoms with Gasteiger partial charge >= 0.3 is 11.0 Å². The van der Waals surface area contributed by atoms with Crippen LogP contribution in [0.2, 0.25) is 0 Å². The molecule has 1 aromatic carbocycles. The maximum absolute atomic E-state index is 11.1. The fraction of sp³-hybridized carbons (Fsp3) is 0. The number of hydrogen-bond donors (Lipinski definition) is 2. The lowest BCUT2D eigenvalue weighted by Gasteiger charge is -2.01. The highest BCUT2D eigenvalue weighted by Gasteiger charge is 2.29. The first-order valence-corrected chi connectivity index (χ1v) is 5.51. The van der Waals surface area contributed by atoms with Gasteiger partial charge in [0.2, 0.25) is 5.39 Å². The Balaban J connectivity index is 2.70. The Morgan fingerprint density at radius 2 is 2.00 bits per heavy atom. The number of para-hydroxylation sites is 1. The Kier molecular flexibility index (Phi) is 2.77. The highest BCUT2D eigenvalue weighted by Crippen LogP contribution is 2.40. The number of phenolic OH excluding ortho intramolecular Hbond substituents is 1. The van der Waals surface area contributed by atoms with E-state index in [4.69, 9.17) is 10.5 Å². The number of benzene rings is 1. The molecule has 17 heavy (non-hydrogen) atoms. The Labute approximate surface area is 100 Å². The molecule has 0 fully saturated rings.